The predicted molar refractivity (Wildman–Crippen MR) is 71.9 cm³/mol. The molecular formula is C15H14N2. The van der Waals surface area contributed by atoms with Crippen LogP contribution in [0, 0.1) is 5.41 Å². The van der Waals surface area contributed by atoms with Gasteiger partial charge in [-0.05, 0) is 11.6 Å². The topological polar surface area (TPSA) is 35.9 Å². The molecule has 2 heteroatoms. The van der Waals surface area contributed by atoms with E-state index >= 15 is 0 Å². The van der Waals surface area contributed by atoms with E-state index in [9.17, 15) is 0 Å². The minimum atomic E-state index is 0.401. The Kier molecular flexibility index (Phi) is 3.71. The van der Waals surface area contributed by atoms with E-state index in [2.05, 4.69) is 5.32 Å². The van der Waals surface area contributed by atoms with Crippen LogP contribution in [0.4, 0.5) is 0 Å². The number of hydrogen-bond acceptors (Lipinski definition) is 1. The van der Waals surface area contributed by atoms with E-state index < -0.39 is 0 Å². The quantitative estimate of drug-likeness (QED) is 0.606. The zero-order valence-corrected chi connectivity index (χ0v) is 9.43. The standard InChI is InChI=1S/C15H14N2/c16-15(14-9-5-2-6-10-14)17-12-11-13-7-3-1-4-8-13/h1-12H,(H2,16,17)/b12-11+. The van der Waals surface area contributed by atoms with Crippen molar-refractivity contribution in [1.29, 1.82) is 5.41 Å². The second-order valence-corrected chi connectivity index (χ2v) is 3.63. The van der Waals surface area contributed by atoms with Gasteiger partial charge in [-0.2, -0.15) is 0 Å². The van der Waals surface area contributed by atoms with Crippen molar-refractivity contribution >= 4 is 11.9 Å². The first kappa shape index (κ1) is 11.1. The summed E-state index contributed by atoms with van der Waals surface area (Å²) in [6.07, 6.45) is 3.72. The zero-order chi connectivity index (χ0) is 11.9. The van der Waals surface area contributed by atoms with Crippen LogP contribution in [0.1, 0.15) is 11.1 Å². The number of nitrogens with one attached hydrogen (secondary N) is 2. The summed E-state index contributed by atoms with van der Waals surface area (Å²) in [5, 5.41) is 10.8. The Hall–Kier alpha value is -2.35. The summed E-state index contributed by atoms with van der Waals surface area (Å²) >= 11 is 0. The molecule has 0 aliphatic heterocycles. The van der Waals surface area contributed by atoms with Gasteiger partial charge in [0, 0.05) is 11.8 Å². The van der Waals surface area contributed by atoms with E-state index in [4.69, 9.17) is 5.41 Å². The molecule has 0 aliphatic carbocycles. The lowest BCUT2D eigenvalue weighted by molar-refractivity contribution is 1.23. The largest absolute Gasteiger partial charge is 0.347 e. The number of hydrogen-bond donors (Lipinski definition) is 2. The Bertz CT molecular complexity index is 501. The molecular weight excluding hydrogens is 208 g/mol. The van der Waals surface area contributed by atoms with Gasteiger partial charge in [-0.25, -0.2) is 0 Å². The minimum Gasteiger partial charge on any atom is -0.347 e. The highest BCUT2D eigenvalue weighted by molar-refractivity contribution is 5.97. The highest BCUT2D eigenvalue weighted by atomic mass is 14.9. The Morgan fingerprint density at radius 2 is 1.47 bits per heavy atom. The van der Waals surface area contributed by atoms with Gasteiger partial charge in [0.05, 0.1) is 0 Å². The first-order valence-electron chi connectivity index (χ1n) is 5.48. The highest BCUT2D eigenvalue weighted by Gasteiger charge is 1.95. The van der Waals surface area contributed by atoms with Gasteiger partial charge in [0.1, 0.15) is 5.84 Å². The van der Waals surface area contributed by atoms with Crippen LogP contribution in [0.3, 0.4) is 0 Å². The van der Waals surface area contributed by atoms with Crippen molar-refractivity contribution in [2.75, 3.05) is 0 Å². The SMILES string of the molecule is N=C(N/C=C/c1ccccc1)c1ccccc1. The molecule has 2 nitrogen and oxygen atoms in total. The maximum Gasteiger partial charge on any atom is 0.129 e. The normalized spacial score (nSPS) is 10.4. The molecule has 0 atom stereocenters. The molecule has 17 heavy (non-hydrogen) atoms. The van der Waals surface area contributed by atoms with E-state index in [-0.39, 0.29) is 0 Å². The van der Waals surface area contributed by atoms with Crippen LogP contribution in [0.2, 0.25) is 0 Å². The third-order valence-electron chi connectivity index (χ3n) is 2.37. The lowest BCUT2D eigenvalue weighted by Crippen LogP contribution is -2.16. The Balaban J connectivity index is 1.95. The summed E-state index contributed by atoms with van der Waals surface area (Å²) in [5.74, 6) is 0.401. The molecule has 2 rings (SSSR count). The molecule has 0 amide bonds. The second kappa shape index (κ2) is 5.66. The van der Waals surface area contributed by atoms with E-state index in [1.54, 1.807) is 6.20 Å². The first-order valence-corrected chi connectivity index (χ1v) is 5.48. The van der Waals surface area contributed by atoms with Gasteiger partial charge in [-0.3, -0.25) is 5.41 Å². The van der Waals surface area contributed by atoms with E-state index in [1.807, 2.05) is 66.7 Å². The maximum atomic E-state index is 7.83. The molecule has 0 heterocycles. The van der Waals surface area contributed by atoms with Gasteiger partial charge in [0.25, 0.3) is 0 Å². The molecule has 0 fully saturated rings. The summed E-state index contributed by atoms with van der Waals surface area (Å²) in [5.41, 5.74) is 1.99. The van der Waals surface area contributed by atoms with Crippen molar-refractivity contribution in [2.24, 2.45) is 0 Å². The molecule has 2 N–H and O–H groups in total. The molecule has 0 unspecified atom stereocenters. The fraction of sp³-hybridized carbons (Fsp3) is 0. The predicted octanol–water partition coefficient (Wildman–Crippen LogP) is 3.27. The summed E-state index contributed by atoms with van der Waals surface area (Å²) < 4.78 is 0. The van der Waals surface area contributed by atoms with Crippen molar-refractivity contribution in [1.82, 2.24) is 5.32 Å². The second-order valence-electron chi connectivity index (χ2n) is 3.63. The van der Waals surface area contributed by atoms with Crippen LogP contribution in [-0.2, 0) is 0 Å². The summed E-state index contributed by atoms with van der Waals surface area (Å²) in [4.78, 5) is 0. The van der Waals surface area contributed by atoms with Gasteiger partial charge in [0.15, 0.2) is 0 Å². The van der Waals surface area contributed by atoms with Crippen molar-refractivity contribution in [2.45, 2.75) is 0 Å². The van der Waals surface area contributed by atoms with Gasteiger partial charge < -0.3 is 5.32 Å². The van der Waals surface area contributed by atoms with Gasteiger partial charge in [-0.1, -0.05) is 60.7 Å². The van der Waals surface area contributed by atoms with Crippen molar-refractivity contribution in [3.05, 3.63) is 78.0 Å². The van der Waals surface area contributed by atoms with Crippen molar-refractivity contribution < 1.29 is 0 Å². The van der Waals surface area contributed by atoms with Crippen LogP contribution >= 0.6 is 0 Å². The maximum absolute atomic E-state index is 7.83. The Morgan fingerprint density at radius 1 is 0.882 bits per heavy atom. The van der Waals surface area contributed by atoms with Crippen molar-refractivity contribution in [3.8, 4) is 0 Å². The molecule has 0 spiro atoms. The molecule has 0 saturated carbocycles. The third kappa shape index (κ3) is 3.31. The zero-order valence-electron chi connectivity index (χ0n) is 9.43. The van der Waals surface area contributed by atoms with Crippen LogP contribution in [-0.4, -0.2) is 5.84 Å². The average molecular weight is 222 g/mol. The van der Waals surface area contributed by atoms with E-state index in [0.717, 1.165) is 11.1 Å². The van der Waals surface area contributed by atoms with Gasteiger partial charge in [-0.15, -0.1) is 0 Å². The smallest absolute Gasteiger partial charge is 0.129 e. The molecule has 2 aromatic carbocycles. The molecule has 84 valence electrons. The number of rotatable bonds is 3. The fourth-order valence-corrected chi connectivity index (χ4v) is 1.47. The molecule has 0 aliphatic rings. The van der Waals surface area contributed by atoms with E-state index in [0.29, 0.717) is 5.84 Å². The number of amidine groups is 1. The van der Waals surface area contributed by atoms with Crippen LogP contribution in [0.25, 0.3) is 6.08 Å². The Morgan fingerprint density at radius 3 is 2.12 bits per heavy atom. The van der Waals surface area contributed by atoms with Crippen molar-refractivity contribution in [3.63, 3.8) is 0 Å². The lowest BCUT2D eigenvalue weighted by Gasteiger charge is -2.02. The molecule has 0 bridgehead atoms. The van der Waals surface area contributed by atoms with Crippen LogP contribution in [0.15, 0.2) is 66.9 Å². The highest BCUT2D eigenvalue weighted by Crippen LogP contribution is 2.01. The summed E-state index contributed by atoms with van der Waals surface area (Å²) in [6, 6.07) is 19.6. The summed E-state index contributed by atoms with van der Waals surface area (Å²) in [6.45, 7) is 0. The molecule has 0 aromatic heterocycles. The lowest BCUT2D eigenvalue weighted by atomic mass is 10.2. The third-order valence-corrected chi connectivity index (χ3v) is 2.37. The molecule has 0 radical (unpaired) electrons. The van der Waals surface area contributed by atoms with E-state index in [1.165, 1.54) is 0 Å². The summed E-state index contributed by atoms with van der Waals surface area (Å²) in [7, 11) is 0. The average Bonchev–Trinajstić information content (AvgIpc) is 2.41. The van der Waals surface area contributed by atoms with Crippen LogP contribution in [0.5, 0.6) is 0 Å². The first-order chi connectivity index (χ1) is 8.36. The van der Waals surface area contributed by atoms with Gasteiger partial charge >= 0.3 is 0 Å². The van der Waals surface area contributed by atoms with Gasteiger partial charge in [0.2, 0.25) is 0 Å². The monoisotopic (exact) mass is 222 g/mol. The Labute approximate surface area is 101 Å². The minimum absolute atomic E-state index is 0.401. The molecule has 2 aromatic rings. The number of benzene rings is 2. The van der Waals surface area contributed by atoms with Crippen LogP contribution < -0.4 is 5.32 Å². The molecule has 0 saturated heterocycles. The fourth-order valence-electron chi connectivity index (χ4n) is 1.47.